The molecule has 1 aromatic carbocycles. The lowest BCUT2D eigenvalue weighted by Gasteiger charge is -2.16. The monoisotopic (exact) mass is 355 g/mol. The van der Waals surface area contributed by atoms with Crippen LogP contribution in [-0.2, 0) is 11.3 Å². The van der Waals surface area contributed by atoms with E-state index < -0.39 is 5.97 Å². The second-order valence-electron chi connectivity index (χ2n) is 4.99. The van der Waals surface area contributed by atoms with Crippen LogP contribution in [0.15, 0.2) is 28.7 Å². The Bertz CT molecular complexity index is 734. The fourth-order valence-corrected chi connectivity index (χ4v) is 2.66. The molecule has 2 rings (SSSR count). The summed E-state index contributed by atoms with van der Waals surface area (Å²) in [6, 6.07) is 6.20. The predicted octanol–water partition coefficient (Wildman–Crippen LogP) is 3.95. The molecular formula is C16H15Cl2NO4. The molecule has 2 aromatic rings. The molecule has 1 aromatic heterocycles. The molecule has 0 aliphatic heterocycles. The van der Waals surface area contributed by atoms with E-state index in [1.165, 1.54) is 12.0 Å². The highest BCUT2D eigenvalue weighted by atomic mass is 35.5. The molecule has 0 N–H and O–H groups in total. The lowest BCUT2D eigenvalue weighted by Crippen LogP contribution is -2.26. The zero-order chi connectivity index (χ0) is 17.1. The van der Waals surface area contributed by atoms with E-state index >= 15 is 0 Å². The molecule has 0 bridgehead atoms. The Kier molecular flexibility index (Phi) is 5.34. The largest absolute Gasteiger partial charge is 0.465 e. The van der Waals surface area contributed by atoms with Gasteiger partial charge in [-0.25, -0.2) is 4.79 Å². The Morgan fingerprint density at radius 3 is 2.35 bits per heavy atom. The van der Waals surface area contributed by atoms with E-state index in [2.05, 4.69) is 4.74 Å². The number of amides is 1. The minimum atomic E-state index is -0.479. The number of hydrogen-bond acceptors (Lipinski definition) is 4. The summed E-state index contributed by atoms with van der Waals surface area (Å²) in [5, 5.41) is 0.771. The molecule has 0 aliphatic carbocycles. The topological polar surface area (TPSA) is 59.8 Å². The Morgan fingerprint density at radius 1 is 1.17 bits per heavy atom. The summed E-state index contributed by atoms with van der Waals surface area (Å²) in [4.78, 5) is 25.4. The summed E-state index contributed by atoms with van der Waals surface area (Å²) >= 11 is 11.8. The summed E-state index contributed by atoms with van der Waals surface area (Å²) < 4.78 is 10.2. The van der Waals surface area contributed by atoms with Crippen LogP contribution in [0.5, 0.6) is 0 Å². The van der Waals surface area contributed by atoms with Crippen molar-refractivity contribution in [2.45, 2.75) is 13.5 Å². The maximum atomic E-state index is 12.4. The van der Waals surface area contributed by atoms with Gasteiger partial charge in [0.1, 0.15) is 17.1 Å². The van der Waals surface area contributed by atoms with Gasteiger partial charge in [-0.1, -0.05) is 23.2 Å². The molecule has 122 valence electrons. The second kappa shape index (κ2) is 7.06. The van der Waals surface area contributed by atoms with Crippen molar-refractivity contribution in [3.8, 4) is 0 Å². The zero-order valence-electron chi connectivity index (χ0n) is 12.9. The van der Waals surface area contributed by atoms with Crippen LogP contribution in [0.25, 0.3) is 0 Å². The van der Waals surface area contributed by atoms with Crippen LogP contribution in [-0.4, -0.2) is 30.9 Å². The molecule has 0 atom stereocenters. The molecule has 1 heterocycles. The van der Waals surface area contributed by atoms with Gasteiger partial charge in [-0.05, 0) is 31.2 Å². The number of rotatable bonds is 4. The molecule has 0 spiro atoms. The van der Waals surface area contributed by atoms with Gasteiger partial charge in [0, 0.05) is 22.7 Å². The van der Waals surface area contributed by atoms with Crippen molar-refractivity contribution in [1.82, 2.24) is 4.90 Å². The van der Waals surface area contributed by atoms with Crippen molar-refractivity contribution in [3.63, 3.8) is 0 Å². The SMILES string of the molecule is COC(=O)c1cc(CN(C)C(=O)c2cc(Cl)cc(Cl)c2)oc1C. The van der Waals surface area contributed by atoms with Gasteiger partial charge >= 0.3 is 5.97 Å². The molecule has 7 heteroatoms. The summed E-state index contributed by atoms with van der Waals surface area (Å²) in [7, 11) is 2.92. The quantitative estimate of drug-likeness (QED) is 0.779. The summed E-state index contributed by atoms with van der Waals surface area (Å²) in [5.41, 5.74) is 0.718. The summed E-state index contributed by atoms with van der Waals surface area (Å²) in [6.45, 7) is 1.86. The lowest BCUT2D eigenvalue weighted by atomic mass is 10.2. The number of ether oxygens (including phenoxy) is 1. The van der Waals surface area contributed by atoms with Gasteiger partial charge in [-0.3, -0.25) is 4.79 Å². The van der Waals surface area contributed by atoms with Crippen molar-refractivity contribution in [1.29, 1.82) is 0 Å². The number of benzene rings is 1. The van der Waals surface area contributed by atoms with E-state index in [0.29, 0.717) is 32.7 Å². The number of methoxy groups -OCH3 is 1. The summed E-state index contributed by atoms with van der Waals surface area (Å²) in [6.07, 6.45) is 0. The van der Waals surface area contributed by atoms with Gasteiger partial charge < -0.3 is 14.1 Å². The smallest absolute Gasteiger partial charge is 0.341 e. The van der Waals surface area contributed by atoms with E-state index in [9.17, 15) is 9.59 Å². The van der Waals surface area contributed by atoms with E-state index in [-0.39, 0.29) is 12.5 Å². The fourth-order valence-electron chi connectivity index (χ4n) is 2.14. The standard InChI is InChI=1S/C16H15Cl2NO4/c1-9-14(16(21)22-3)7-13(23-9)8-19(2)15(20)10-4-11(17)6-12(18)5-10/h4-7H,8H2,1-3H3. The first-order valence-electron chi connectivity index (χ1n) is 6.71. The van der Waals surface area contributed by atoms with Crippen molar-refractivity contribution < 1.29 is 18.7 Å². The number of hydrogen-bond donors (Lipinski definition) is 0. The van der Waals surface area contributed by atoms with Crippen molar-refractivity contribution in [2.24, 2.45) is 0 Å². The predicted molar refractivity (Wildman–Crippen MR) is 87.0 cm³/mol. The maximum absolute atomic E-state index is 12.4. The molecular weight excluding hydrogens is 341 g/mol. The Hall–Kier alpha value is -1.98. The van der Waals surface area contributed by atoms with Gasteiger partial charge in [0.05, 0.1) is 13.7 Å². The van der Waals surface area contributed by atoms with Gasteiger partial charge in [0.15, 0.2) is 0 Å². The van der Waals surface area contributed by atoms with Crippen LogP contribution in [0, 0.1) is 6.92 Å². The first-order chi connectivity index (χ1) is 10.8. The number of carbonyl (C=O) groups is 2. The van der Waals surface area contributed by atoms with Crippen LogP contribution < -0.4 is 0 Å². The van der Waals surface area contributed by atoms with Crippen LogP contribution >= 0.6 is 23.2 Å². The second-order valence-corrected chi connectivity index (χ2v) is 5.87. The minimum absolute atomic E-state index is 0.195. The molecule has 5 nitrogen and oxygen atoms in total. The first kappa shape index (κ1) is 17.4. The van der Waals surface area contributed by atoms with Crippen LogP contribution in [0.2, 0.25) is 10.0 Å². The molecule has 1 amide bonds. The van der Waals surface area contributed by atoms with E-state index in [1.54, 1.807) is 38.2 Å². The fraction of sp³-hybridized carbons (Fsp3) is 0.250. The van der Waals surface area contributed by atoms with Crippen molar-refractivity contribution in [2.75, 3.05) is 14.2 Å². The van der Waals surface area contributed by atoms with Gasteiger partial charge in [0.2, 0.25) is 0 Å². The molecule has 0 unspecified atom stereocenters. The third-order valence-electron chi connectivity index (χ3n) is 3.22. The number of aryl methyl sites for hydroxylation is 1. The Labute approximate surface area is 143 Å². The van der Waals surface area contributed by atoms with Crippen molar-refractivity contribution in [3.05, 3.63) is 57.0 Å². The first-order valence-corrected chi connectivity index (χ1v) is 7.46. The third-order valence-corrected chi connectivity index (χ3v) is 3.66. The van der Waals surface area contributed by atoms with Gasteiger partial charge in [0.25, 0.3) is 5.91 Å². The average molecular weight is 356 g/mol. The highest BCUT2D eigenvalue weighted by Crippen LogP contribution is 2.21. The van der Waals surface area contributed by atoms with Crippen LogP contribution in [0.3, 0.4) is 0 Å². The lowest BCUT2D eigenvalue weighted by molar-refractivity contribution is 0.0598. The molecule has 23 heavy (non-hydrogen) atoms. The molecule has 0 radical (unpaired) electrons. The zero-order valence-corrected chi connectivity index (χ0v) is 14.4. The van der Waals surface area contributed by atoms with E-state index in [1.807, 2.05) is 0 Å². The minimum Gasteiger partial charge on any atom is -0.465 e. The van der Waals surface area contributed by atoms with Crippen molar-refractivity contribution >= 4 is 35.1 Å². The number of furan rings is 1. The molecule has 0 fully saturated rings. The highest BCUT2D eigenvalue weighted by Gasteiger charge is 2.19. The Balaban J connectivity index is 2.17. The van der Waals surface area contributed by atoms with Gasteiger partial charge in [-0.2, -0.15) is 0 Å². The maximum Gasteiger partial charge on any atom is 0.341 e. The van der Waals surface area contributed by atoms with Crippen LogP contribution in [0.1, 0.15) is 32.2 Å². The number of halogens is 2. The molecule has 0 saturated heterocycles. The molecule has 0 saturated carbocycles. The van der Waals surface area contributed by atoms with Gasteiger partial charge in [-0.15, -0.1) is 0 Å². The normalized spacial score (nSPS) is 10.5. The van der Waals surface area contributed by atoms with E-state index in [0.717, 1.165) is 0 Å². The van der Waals surface area contributed by atoms with E-state index in [4.69, 9.17) is 27.6 Å². The number of nitrogens with zero attached hydrogens (tertiary/aromatic N) is 1. The van der Waals surface area contributed by atoms with Crippen LogP contribution in [0.4, 0.5) is 0 Å². The number of carbonyl (C=O) groups excluding carboxylic acids is 2. The summed E-state index contributed by atoms with van der Waals surface area (Å²) in [5.74, 6) is 0.182. The number of esters is 1. The average Bonchev–Trinajstić information content (AvgIpc) is 2.85. The molecule has 0 aliphatic rings. The Morgan fingerprint density at radius 2 is 1.78 bits per heavy atom. The third kappa shape index (κ3) is 4.06. The highest BCUT2D eigenvalue weighted by molar-refractivity contribution is 6.35.